The summed E-state index contributed by atoms with van der Waals surface area (Å²) in [6.07, 6.45) is 0. The van der Waals surface area contributed by atoms with Gasteiger partial charge in [0.25, 0.3) is 5.91 Å². The van der Waals surface area contributed by atoms with E-state index in [9.17, 15) is 9.59 Å². The average molecular weight is 349 g/mol. The third-order valence-electron chi connectivity index (χ3n) is 2.27. The molecule has 0 aromatic heterocycles. The molecule has 1 rings (SSSR count). The lowest BCUT2D eigenvalue weighted by Gasteiger charge is -2.12. The second kappa shape index (κ2) is 7.35. The molecular formula is C12H15BrClN3O2. The minimum atomic E-state index is -0.273. The van der Waals surface area contributed by atoms with Crippen LogP contribution in [0.25, 0.3) is 0 Å². The Kier molecular flexibility index (Phi) is 6.11. The molecule has 19 heavy (non-hydrogen) atoms. The van der Waals surface area contributed by atoms with E-state index in [4.69, 9.17) is 11.6 Å². The maximum absolute atomic E-state index is 11.9. The van der Waals surface area contributed by atoms with Gasteiger partial charge in [-0.1, -0.05) is 27.5 Å². The lowest BCUT2D eigenvalue weighted by Crippen LogP contribution is -2.39. The number of nitrogens with one attached hydrogen (secondary N) is 2. The summed E-state index contributed by atoms with van der Waals surface area (Å²) in [6.45, 7) is 0.690. The molecule has 3 amide bonds. The Labute approximate surface area is 125 Å². The highest BCUT2D eigenvalue weighted by molar-refractivity contribution is 9.10. The van der Waals surface area contributed by atoms with Gasteiger partial charge in [0.1, 0.15) is 0 Å². The van der Waals surface area contributed by atoms with Crippen LogP contribution < -0.4 is 10.6 Å². The first-order valence-corrected chi connectivity index (χ1v) is 6.77. The van der Waals surface area contributed by atoms with Crippen LogP contribution in [0.3, 0.4) is 0 Å². The predicted octanol–water partition coefficient (Wildman–Crippen LogP) is 2.10. The third-order valence-corrected chi connectivity index (χ3v) is 3.09. The number of hydrogen-bond acceptors (Lipinski definition) is 2. The van der Waals surface area contributed by atoms with Crippen LogP contribution in [0.4, 0.5) is 4.79 Å². The maximum atomic E-state index is 11.9. The molecule has 5 nitrogen and oxygen atoms in total. The van der Waals surface area contributed by atoms with E-state index in [0.29, 0.717) is 23.7 Å². The maximum Gasteiger partial charge on any atom is 0.316 e. The number of carbonyl (C=O) groups is 2. The second-order valence-corrected chi connectivity index (χ2v) is 5.33. The van der Waals surface area contributed by atoms with Gasteiger partial charge in [-0.15, -0.1) is 0 Å². The Bertz CT molecular complexity index is 480. The number of hydrogen-bond donors (Lipinski definition) is 2. The third kappa shape index (κ3) is 5.08. The molecule has 0 spiro atoms. The zero-order chi connectivity index (χ0) is 14.4. The zero-order valence-electron chi connectivity index (χ0n) is 10.7. The molecule has 0 radical (unpaired) electrons. The molecule has 104 valence electrons. The van der Waals surface area contributed by atoms with Gasteiger partial charge in [0.05, 0.1) is 10.6 Å². The largest absolute Gasteiger partial charge is 0.350 e. The number of urea groups is 1. The molecule has 0 fully saturated rings. The summed E-state index contributed by atoms with van der Waals surface area (Å²) in [6, 6.07) is 4.86. The van der Waals surface area contributed by atoms with Crippen LogP contribution in [0.2, 0.25) is 5.02 Å². The van der Waals surface area contributed by atoms with Gasteiger partial charge in [-0.05, 0) is 18.2 Å². The van der Waals surface area contributed by atoms with Crippen LogP contribution in [-0.4, -0.2) is 44.0 Å². The highest BCUT2D eigenvalue weighted by Crippen LogP contribution is 2.20. The van der Waals surface area contributed by atoms with E-state index in [-0.39, 0.29) is 11.9 Å². The van der Waals surface area contributed by atoms with Gasteiger partial charge in [-0.2, -0.15) is 0 Å². The van der Waals surface area contributed by atoms with Crippen LogP contribution in [-0.2, 0) is 0 Å². The van der Waals surface area contributed by atoms with Crippen molar-refractivity contribution in [1.82, 2.24) is 15.5 Å². The Morgan fingerprint density at radius 2 is 1.89 bits per heavy atom. The molecule has 0 aliphatic rings. The molecule has 0 heterocycles. The van der Waals surface area contributed by atoms with E-state index in [0.717, 1.165) is 4.47 Å². The Hall–Kier alpha value is -1.27. The van der Waals surface area contributed by atoms with Gasteiger partial charge in [0, 0.05) is 31.7 Å². The lowest BCUT2D eigenvalue weighted by atomic mass is 10.2. The molecule has 0 aliphatic heterocycles. The first-order chi connectivity index (χ1) is 8.91. The minimum absolute atomic E-state index is 0.199. The summed E-state index contributed by atoms with van der Waals surface area (Å²) in [5, 5.41) is 5.72. The summed E-state index contributed by atoms with van der Waals surface area (Å²) in [7, 11) is 3.30. The standard InChI is InChI=1S/C12H15BrClN3O2/c1-17(2)12(19)16-6-5-15-11(18)9-7-8(13)3-4-10(9)14/h3-4,7H,5-6H2,1-2H3,(H,15,18)(H,16,19). The fraction of sp³-hybridized carbons (Fsp3) is 0.333. The van der Waals surface area contributed by atoms with Gasteiger partial charge in [0.15, 0.2) is 0 Å². The van der Waals surface area contributed by atoms with Gasteiger partial charge in [-0.25, -0.2) is 4.79 Å². The number of rotatable bonds is 4. The molecule has 0 atom stereocenters. The summed E-state index contributed by atoms with van der Waals surface area (Å²) < 4.78 is 0.781. The van der Waals surface area contributed by atoms with E-state index < -0.39 is 0 Å². The number of carbonyl (C=O) groups excluding carboxylic acids is 2. The molecule has 0 aliphatic carbocycles. The van der Waals surface area contributed by atoms with Crippen LogP contribution in [0.5, 0.6) is 0 Å². The second-order valence-electron chi connectivity index (χ2n) is 4.01. The first kappa shape index (κ1) is 15.8. The summed E-state index contributed by atoms with van der Waals surface area (Å²) in [5.74, 6) is -0.273. The van der Waals surface area contributed by atoms with Crippen molar-refractivity contribution in [3.8, 4) is 0 Å². The molecule has 1 aromatic rings. The van der Waals surface area contributed by atoms with Crippen molar-refractivity contribution in [1.29, 1.82) is 0 Å². The van der Waals surface area contributed by atoms with Gasteiger partial charge >= 0.3 is 6.03 Å². The van der Waals surface area contributed by atoms with E-state index in [1.165, 1.54) is 4.90 Å². The van der Waals surface area contributed by atoms with Gasteiger partial charge in [-0.3, -0.25) is 4.79 Å². The molecule has 0 bridgehead atoms. The fourth-order valence-corrected chi connectivity index (χ4v) is 1.83. The number of nitrogens with zero attached hydrogens (tertiary/aromatic N) is 1. The number of amides is 3. The molecule has 0 saturated carbocycles. The van der Waals surface area contributed by atoms with Crippen molar-refractivity contribution >= 4 is 39.5 Å². The fourth-order valence-electron chi connectivity index (χ4n) is 1.27. The predicted molar refractivity (Wildman–Crippen MR) is 78.6 cm³/mol. The highest BCUT2D eigenvalue weighted by Gasteiger charge is 2.10. The van der Waals surface area contributed by atoms with Gasteiger partial charge in [0.2, 0.25) is 0 Å². The van der Waals surface area contributed by atoms with Crippen LogP contribution in [0.15, 0.2) is 22.7 Å². The molecule has 0 saturated heterocycles. The summed E-state index contributed by atoms with van der Waals surface area (Å²) >= 11 is 9.22. The monoisotopic (exact) mass is 347 g/mol. The Morgan fingerprint density at radius 3 is 2.53 bits per heavy atom. The van der Waals surface area contributed by atoms with Crippen molar-refractivity contribution in [2.45, 2.75) is 0 Å². The Morgan fingerprint density at radius 1 is 1.26 bits per heavy atom. The van der Waals surface area contributed by atoms with Crippen LogP contribution in [0, 0.1) is 0 Å². The quantitative estimate of drug-likeness (QED) is 0.819. The molecule has 2 N–H and O–H groups in total. The molecule has 0 unspecified atom stereocenters. The minimum Gasteiger partial charge on any atom is -0.350 e. The van der Waals surface area contributed by atoms with Crippen molar-refractivity contribution < 1.29 is 9.59 Å². The highest BCUT2D eigenvalue weighted by atomic mass is 79.9. The van der Waals surface area contributed by atoms with E-state index >= 15 is 0 Å². The first-order valence-electron chi connectivity index (χ1n) is 5.60. The summed E-state index contributed by atoms with van der Waals surface area (Å²) in [4.78, 5) is 24.5. The molecular weight excluding hydrogens is 334 g/mol. The van der Waals surface area contributed by atoms with Crippen molar-refractivity contribution in [3.63, 3.8) is 0 Å². The van der Waals surface area contributed by atoms with Gasteiger partial charge < -0.3 is 15.5 Å². The zero-order valence-corrected chi connectivity index (χ0v) is 13.0. The lowest BCUT2D eigenvalue weighted by molar-refractivity contribution is 0.0953. The molecule has 7 heteroatoms. The van der Waals surface area contributed by atoms with Crippen molar-refractivity contribution in [2.75, 3.05) is 27.2 Å². The van der Waals surface area contributed by atoms with E-state index in [1.807, 2.05) is 0 Å². The molecule has 1 aromatic carbocycles. The Balaban J connectivity index is 2.44. The van der Waals surface area contributed by atoms with E-state index in [1.54, 1.807) is 32.3 Å². The van der Waals surface area contributed by atoms with E-state index in [2.05, 4.69) is 26.6 Å². The SMILES string of the molecule is CN(C)C(=O)NCCNC(=O)c1cc(Br)ccc1Cl. The normalized spacial score (nSPS) is 9.89. The topological polar surface area (TPSA) is 61.4 Å². The number of halogens is 2. The van der Waals surface area contributed by atoms with Crippen LogP contribution in [0.1, 0.15) is 10.4 Å². The van der Waals surface area contributed by atoms with Crippen LogP contribution >= 0.6 is 27.5 Å². The van der Waals surface area contributed by atoms with Crippen molar-refractivity contribution in [2.24, 2.45) is 0 Å². The smallest absolute Gasteiger partial charge is 0.316 e. The summed E-state index contributed by atoms with van der Waals surface area (Å²) in [5.41, 5.74) is 0.398. The average Bonchev–Trinajstić information content (AvgIpc) is 2.36. The van der Waals surface area contributed by atoms with Crippen molar-refractivity contribution in [3.05, 3.63) is 33.3 Å². The number of benzene rings is 1.